The molecule has 1 rings (SSSR count). The Morgan fingerprint density at radius 3 is 2.58 bits per heavy atom. The van der Waals surface area contributed by atoms with Crippen LogP contribution >= 0.6 is 10.7 Å². The van der Waals surface area contributed by atoms with Gasteiger partial charge in [-0.05, 0) is 6.42 Å². The zero-order chi connectivity index (χ0) is 9.35. The number of aryl methyl sites for hydroxylation is 1. The van der Waals surface area contributed by atoms with E-state index in [0.29, 0.717) is 12.1 Å². The van der Waals surface area contributed by atoms with Gasteiger partial charge < -0.3 is 0 Å². The van der Waals surface area contributed by atoms with E-state index >= 15 is 0 Å². The van der Waals surface area contributed by atoms with E-state index in [-0.39, 0.29) is 4.90 Å². The molecule has 0 amide bonds. The first-order valence-electron chi connectivity index (χ1n) is 3.42. The third kappa shape index (κ3) is 1.61. The molecule has 0 fully saturated rings. The third-order valence-electron chi connectivity index (χ3n) is 1.62. The van der Waals surface area contributed by atoms with E-state index in [4.69, 9.17) is 10.7 Å². The van der Waals surface area contributed by atoms with Crippen LogP contribution in [0.25, 0.3) is 0 Å². The van der Waals surface area contributed by atoms with Gasteiger partial charge in [-0.1, -0.05) is 6.92 Å². The predicted molar refractivity (Wildman–Crippen MR) is 45.6 cm³/mol. The topological polar surface area (TPSA) is 52.0 Å². The summed E-state index contributed by atoms with van der Waals surface area (Å²) in [5, 5.41) is 3.81. The van der Waals surface area contributed by atoms with Crippen molar-refractivity contribution < 1.29 is 8.42 Å². The van der Waals surface area contributed by atoms with Gasteiger partial charge in [0.2, 0.25) is 0 Å². The van der Waals surface area contributed by atoms with Crippen LogP contribution < -0.4 is 0 Å². The maximum Gasteiger partial charge on any atom is 0.264 e. The van der Waals surface area contributed by atoms with Crippen molar-refractivity contribution in [3.8, 4) is 0 Å². The highest BCUT2D eigenvalue weighted by atomic mass is 35.7. The minimum atomic E-state index is -3.64. The zero-order valence-corrected chi connectivity index (χ0v) is 8.35. The molecule has 4 nitrogen and oxygen atoms in total. The second kappa shape index (κ2) is 3.06. The summed E-state index contributed by atoms with van der Waals surface area (Å²) in [7, 11) is 3.22. The zero-order valence-electron chi connectivity index (χ0n) is 6.78. The first-order valence-corrected chi connectivity index (χ1v) is 5.73. The van der Waals surface area contributed by atoms with Crippen molar-refractivity contribution in [2.75, 3.05) is 0 Å². The van der Waals surface area contributed by atoms with Crippen LogP contribution in [0.2, 0.25) is 0 Å². The lowest BCUT2D eigenvalue weighted by Crippen LogP contribution is -2.00. The molecule has 1 aromatic rings. The van der Waals surface area contributed by atoms with E-state index in [1.165, 1.54) is 10.9 Å². The third-order valence-corrected chi connectivity index (χ3v) is 2.99. The first kappa shape index (κ1) is 9.54. The lowest BCUT2D eigenvalue weighted by Gasteiger charge is -1.98. The monoisotopic (exact) mass is 208 g/mol. The standard InChI is InChI=1S/C6H9ClN2O2S/c1-3-5-6(12(7,10)11)4-8-9(5)2/h4H,3H2,1-2H3. The molecule has 0 radical (unpaired) electrons. The Balaban J connectivity index is 3.36. The van der Waals surface area contributed by atoms with Crippen LogP contribution in [0.15, 0.2) is 11.1 Å². The highest BCUT2D eigenvalue weighted by Gasteiger charge is 2.18. The summed E-state index contributed by atoms with van der Waals surface area (Å²) in [5.74, 6) is 0. The largest absolute Gasteiger partial charge is 0.271 e. The van der Waals surface area contributed by atoms with E-state index in [9.17, 15) is 8.42 Å². The van der Waals surface area contributed by atoms with E-state index in [1.54, 1.807) is 7.05 Å². The molecule has 0 aromatic carbocycles. The average Bonchev–Trinajstić information content (AvgIpc) is 2.29. The van der Waals surface area contributed by atoms with Gasteiger partial charge in [0, 0.05) is 17.7 Å². The smallest absolute Gasteiger partial charge is 0.264 e. The van der Waals surface area contributed by atoms with Crippen LogP contribution in [0.4, 0.5) is 0 Å². The fourth-order valence-corrected chi connectivity index (χ4v) is 2.17. The molecule has 0 saturated heterocycles. The molecule has 0 aliphatic rings. The second-order valence-corrected chi connectivity index (χ2v) is 4.90. The molecule has 1 heterocycles. The Hall–Kier alpha value is -0.550. The Morgan fingerprint density at radius 1 is 1.67 bits per heavy atom. The van der Waals surface area contributed by atoms with Gasteiger partial charge in [0.1, 0.15) is 4.90 Å². The molecule has 0 unspecified atom stereocenters. The molecule has 0 aliphatic heterocycles. The molecular weight excluding hydrogens is 200 g/mol. The molecule has 0 saturated carbocycles. The van der Waals surface area contributed by atoms with Crippen LogP contribution in [-0.4, -0.2) is 18.2 Å². The number of nitrogens with zero attached hydrogens (tertiary/aromatic N) is 2. The van der Waals surface area contributed by atoms with Crippen LogP contribution in [0.1, 0.15) is 12.6 Å². The second-order valence-electron chi connectivity index (χ2n) is 2.37. The van der Waals surface area contributed by atoms with Gasteiger partial charge in [0.15, 0.2) is 0 Å². The first-order chi connectivity index (χ1) is 5.46. The number of hydrogen-bond donors (Lipinski definition) is 0. The van der Waals surface area contributed by atoms with Crippen molar-refractivity contribution in [1.82, 2.24) is 9.78 Å². The van der Waals surface area contributed by atoms with Crippen molar-refractivity contribution in [2.24, 2.45) is 7.05 Å². The minimum absolute atomic E-state index is 0.106. The summed E-state index contributed by atoms with van der Waals surface area (Å²) >= 11 is 0. The summed E-state index contributed by atoms with van der Waals surface area (Å²) in [6.45, 7) is 1.85. The summed E-state index contributed by atoms with van der Waals surface area (Å²) < 4.78 is 23.4. The van der Waals surface area contributed by atoms with Gasteiger partial charge in [-0.3, -0.25) is 4.68 Å². The van der Waals surface area contributed by atoms with Crippen LogP contribution in [0.3, 0.4) is 0 Å². The minimum Gasteiger partial charge on any atom is -0.271 e. The summed E-state index contributed by atoms with van der Waals surface area (Å²) in [6.07, 6.45) is 1.86. The summed E-state index contributed by atoms with van der Waals surface area (Å²) in [4.78, 5) is 0.106. The summed E-state index contributed by atoms with van der Waals surface area (Å²) in [5.41, 5.74) is 0.630. The fourth-order valence-electron chi connectivity index (χ4n) is 1.05. The van der Waals surface area contributed by atoms with E-state index in [2.05, 4.69) is 5.10 Å². The van der Waals surface area contributed by atoms with Crippen molar-refractivity contribution in [1.29, 1.82) is 0 Å². The maximum absolute atomic E-state index is 10.9. The van der Waals surface area contributed by atoms with Crippen molar-refractivity contribution in [3.05, 3.63) is 11.9 Å². The molecular formula is C6H9ClN2O2S. The maximum atomic E-state index is 10.9. The van der Waals surface area contributed by atoms with E-state index in [0.717, 1.165) is 0 Å². The fraction of sp³-hybridized carbons (Fsp3) is 0.500. The van der Waals surface area contributed by atoms with E-state index in [1.807, 2.05) is 6.92 Å². The highest BCUT2D eigenvalue weighted by molar-refractivity contribution is 8.13. The van der Waals surface area contributed by atoms with Crippen molar-refractivity contribution in [2.45, 2.75) is 18.2 Å². The molecule has 0 aliphatic carbocycles. The number of halogens is 1. The Morgan fingerprint density at radius 2 is 2.25 bits per heavy atom. The predicted octanol–water partition coefficient (Wildman–Crippen LogP) is 0.910. The Kier molecular flexibility index (Phi) is 2.44. The van der Waals surface area contributed by atoms with Crippen LogP contribution in [0.5, 0.6) is 0 Å². The molecule has 68 valence electrons. The van der Waals surface area contributed by atoms with Gasteiger partial charge in [-0.15, -0.1) is 0 Å². The summed E-state index contributed by atoms with van der Waals surface area (Å²) in [6, 6.07) is 0. The highest BCUT2D eigenvalue weighted by Crippen LogP contribution is 2.18. The molecule has 12 heavy (non-hydrogen) atoms. The molecule has 1 aromatic heterocycles. The van der Waals surface area contributed by atoms with Gasteiger partial charge in [0.25, 0.3) is 9.05 Å². The number of rotatable bonds is 2. The molecule has 0 spiro atoms. The van der Waals surface area contributed by atoms with Crippen LogP contribution in [0, 0.1) is 0 Å². The molecule has 0 N–H and O–H groups in total. The number of aromatic nitrogens is 2. The van der Waals surface area contributed by atoms with Crippen molar-refractivity contribution in [3.63, 3.8) is 0 Å². The van der Waals surface area contributed by atoms with Gasteiger partial charge in [-0.2, -0.15) is 5.10 Å². The van der Waals surface area contributed by atoms with Crippen LogP contribution in [-0.2, 0) is 22.5 Å². The lowest BCUT2D eigenvalue weighted by atomic mass is 10.3. The SMILES string of the molecule is CCc1c(S(=O)(=O)Cl)cnn1C. The molecule has 0 bridgehead atoms. The Bertz CT molecular complexity index is 382. The Labute approximate surface area is 75.6 Å². The molecule has 6 heteroatoms. The lowest BCUT2D eigenvalue weighted by molar-refractivity contribution is 0.607. The van der Waals surface area contributed by atoms with Gasteiger partial charge >= 0.3 is 0 Å². The normalized spacial score (nSPS) is 11.9. The number of hydrogen-bond acceptors (Lipinski definition) is 3. The molecule has 0 atom stereocenters. The quantitative estimate of drug-likeness (QED) is 0.679. The van der Waals surface area contributed by atoms with Gasteiger partial charge in [-0.25, -0.2) is 8.42 Å². The van der Waals surface area contributed by atoms with Crippen molar-refractivity contribution >= 4 is 19.7 Å². The van der Waals surface area contributed by atoms with E-state index < -0.39 is 9.05 Å². The van der Waals surface area contributed by atoms with Gasteiger partial charge in [0.05, 0.1) is 11.9 Å². The average molecular weight is 209 g/mol.